The van der Waals surface area contributed by atoms with E-state index < -0.39 is 9.70 Å². The van der Waals surface area contributed by atoms with E-state index in [0.717, 1.165) is 0 Å². The van der Waals surface area contributed by atoms with Crippen molar-refractivity contribution >= 4 is 40.7 Å². The molecule has 0 aromatic heterocycles. The maximum absolute atomic E-state index is 10.2. The molecule has 11 heavy (non-hydrogen) atoms. The highest BCUT2D eigenvalue weighted by atomic mass is 35.6. The van der Waals surface area contributed by atoms with Gasteiger partial charge in [0.05, 0.1) is 0 Å². The monoisotopic (exact) mass is 215 g/mol. The minimum Gasteiger partial charge on any atom is -0.369 e. The van der Waals surface area contributed by atoms with Crippen LogP contribution in [0.1, 0.15) is 12.8 Å². The molecule has 0 aliphatic rings. The predicted molar refractivity (Wildman–Crippen MR) is 47.9 cm³/mol. The molecular weight excluding hydrogens is 208 g/mol. The van der Waals surface area contributed by atoms with Crippen LogP contribution in [0.4, 0.5) is 0 Å². The molecule has 0 spiro atoms. The highest BCUT2D eigenvalue weighted by molar-refractivity contribution is 6.67. The molecule has 0 radical (unpaired) electrons. The number of hydrogen-bond acceptors (Lipinski definition) is 1. The normalized spacial score (nSPS) is 12.3. The van der Waals surface area contributed by atoms with E-state index in [2.05, 4.69) is 0 Å². The third kappa shape index (κ3) is 10.1. The second-order valence-electron chi connectivity index (χ2n) is 1.96. The smallest absolute Gasteiger partial charge is 0.221 e. The molecular formula is C6H8Cl3NO. The van der Waals surface area contributed by atoms with Gasteiger partial charge < -0.3 is 5.73 Å². The molecule has 0 aromatic carbocycles. The summed E-state index contributed by atoms with van der Waals surface area (Å²) in [6.07, 6.45) is 3.65. The van der Waals surface area contributed by atoms with Crippen molar-refractivity contribution in [3.05, 3.63) is 12.2 Å². The average molecular weight is 216 g/mol. The van der Waals surface area contributed by atoms with Crippen molar-refractivity contribution in [2.24, 2.45) is 5.73 Å². The topological polar surface area (TPSA) is 43.1 Å². The maximum Gasteiger partial charge on any atom is 0.221 e. The van der Waals surface area contributed by atoms with Crippen LogP contribution in [0.25, 0.3) is 0 Å². The zero-order valence-corrected chi connectivity index (χ0v) is 7.96. The Bertz CT molecular complexity index is 162. The van der Waals surface area contributed by atoms with Crippen LogP contribution < -0.4 is 5.73 Å². The molecule has 0 aromatic rings. The average Bonchev–Trinajstić information content (AvgIpc) is 1.78. The summed E-state index contributed by atoms with van der Waals surface area (Å²) >= 11 is 16.2. The minimum absolute atomic E-state index is 0.181. The fourth-order valence-electron chi connectivity index (χ4n) is 0.416. The van der Waals surface area contributed by atoms with E-state index in [9.17, 15) is 4.79 Å². The van der Waals surface area contributed by atoms with Gasteiger partial charge in [0.15, 0.2) is 3.79 Å². The van der Waals surface area contributed by atoms with E-state index >= 15 is 0 Å². The standard InChI is InChI=1S/C6H8Cl3NO/c7-6(8,9)4-2-1-3-5(10)11/h1-2H,3-4H2,(H2,10,11)/b2-1+. The van der Waals surface area contributed by atoms with E-state index in [-0.39, 0.29) is 12.8 Å². The molecule has 0 saturated carbocycles. The number of carbonyl (C=O) groups is 1. The quantitative estimate of drug-likeness (QED) is 0.570. The van der Waals surface area contributed by atoms with Gasteiger partial charge in [-0.05, 0) is 0 Å². The third-order valence-electron chi connectivity index (χ3n) is 0.835. The number of carbonyl (C=O) groups excluding carboxylic acids is 1. The Balaban J connectivity index is 3.53. The second-order valence-corrected chi connectivity index (χ2v) is 4.48. The van der Waals surface area contributed by atoms with Crippen LogP contribution in [-0.2, 0) is 4.79 Å². The SMILES string of the molecule is NC(=O)C/C=C/CC(Cl)(Cl)Cl. The lowest BCUT2D eigenvalue weighted by molar-refractivity contribution is -0.117. The predicted octanol–water partition coefficient (Wildman–Crippen LogP) is 2.18. The largest absolute Gasteiger partial charge is 0.369 e. The molecule has 0 fully saturated rings. The number of allylic oxidation sites excluding steroid dienone is 1. The molecule has 2 N–H and O–H groups in total. The fourth-order valence-corrected chi connectivity index (χ4v) is 0.684. The summed E-state index contributed by atoms with van der Waals surface area (Å²) in [5, 5.41) is 0. The van der Waals surface area contributed by atoms with Gasteiger partial charge in [0.1, 0.15) is 0 Å². The molecule has 0 aliphatic carbocycles. The van der Waals surface area contributed by atoms with Crippen LogP contribution in [0.15, 0.2) is 12.2 Å². The van der Waals surface area contributed by atoms with Crippen molar-refractivity contribution in [2.45, 2.75) is 16.6 Å². The molecule has 0 heterocycles. The number of primary amides is 1. The van der Waals surface area contributed by atoms with Gasteiger partial charge in [-0.25, -0.2) is 0 Å². The Morgan fingerprint density at radius 2 is 1.91 bits per heavy atom. The van der Waals surface area contributed by atoms with E-state index in [0.29, 0.717) is 0 Å². The molecule has 2 nitrogen and oxygen atoms in total. The number of halogens is 3. The fraction of sp³-hybridized carbons (Fsp3) is 0.500. The maximum atomic E-state index is 10.2. The van der Waals surface area contributed by atoms with Crippen LogP contribution in [-0.4, -0.2) is 9.70 Å². The Labute approximate surface area is 80.3 Å². The van der Waals surface area contributed by atoms with Gasteiger partial charge in [0.25, 0.3) is 0 Å². The first kappa shape index (κ1) is 11.1. The summed E-state index contributed by atoms with van der Waals surface area (Å²) in [5.74, 6) is -0.398. The summed E-state index contributed by atoms with van der Waals surface area (Å²) in [5.41, 5.74) is 4.85. The summed E-state index contributed by atoms with van der Waals surface area (Å²) < 4.78 is -1.28. The Hall–Kier alpha value is 0.0800. The first-order chi connectivity index (χ1) is 4.92. The van der Waals surface area contributed by atoms with Gasteiger partial charge in [0, 0.05) is 12.8 Å². The van der Waals surface area contributed by atoms with Crippen molar-refractivity contribution < 1.29 is 4.79 Å². The van der Waals surface area contributed by atoms with Crippen molar-refractivity contribution in [3.63, 3.8) is 0 Å². The Morgan fingerprint density at radius 3 is 2.27 bits per heavy atom. The molecule has 0 bridgehead atoms. The number of amides is 1. The van der Waals surface area contributed by atoms with Crippen LogP contribution in [0.3, 0.4) is 0 Å². The van der Waals surface area contributed by atoms with Gasteiger partial charge in [0.2, 0.25) is 5.91 Å². The van der Waals surface area contributed by atoms with Gasteiger partial charge in [-0.15, -0.1) is 0 Å². The highest BCUT2D eigenvalue weighted by Gasteiger charge is 2.16. The molecule has 0 atom stereocenters. The van der Waals surface area contributed by atoms with Gasteiger partial charge >= 0.3 is 0 Å². The van der Waals surface area contributed by atoms with Crippen LogP contribution in [0, 0.1) is 0 Å². The molecule has 1 amide bonds. The van der Waals surface area contributed by atoms with E-state index in [1.165, 1.54) is 0 Å². The Kier molecular flexibility index (Phi) is 4.89. The van der Waals surface area contributed by atoms with Crippen molar-refractivity contribution in [2.75, 3.05) is 0 Å². The summed E-state index contributed by atoms with van der Waals surface area (Å²) in [6, 6.07) is 0. The first-order valence-corrected chi connectivity index (χ1v) is 4.05. The number of rotatable bonds is 3. The van der Waals surface area contributed by atoms with Crippen LogP contribution in [0.5, 0.6) is 0 Å². The summed E-state index contributed by atoms with van der Waals surface area (Å²) in [6.45, 7) is 0. The van der Waals surface area contributed by atoms with Gasteiger partial charge in [-0.1, -0.05) is 47.0 Å². The lowest BCUT2D eigenvalue weighted by Crippen LogP contribution is -2.08. The van der Waals surface area contributed by atoms with E-state index in [1.54, 1.807) is 12.2 Å². The third-order valence-corrected chi connectivity index (χ3v) is 1.30. The van der Waals surface area contributed by atoms with Crippen LogP contribution in [0.2, 0.25) is 0 Å². The van der Waals surface area contributed by atoms with Crippen molar-refractivity contribution in [1.29, 1.82) is 0 Å². The van der Waals surface area contributed by atoms with Crippen molar-refractivity contribution in [3.8, 4) is 0 Å². The zero-order chi connectivity index (χ0) is 8.91. The number of nitrogens with two attached hydrogens (primary N) is 1. The zero-order valence-electron chi connectivity index (χ0n) is 5.69. The van der Waals surface area contributed by atoms with Crippen molar-refractivity contribution in [1.82, 2.24) is 0 Å². The molecule has 0 unspecified atom stereocenters. The summed E-state index contributed by atoms with van der Waals surface area (Å²) in [7, 11) is 0. The molecule has 64 valence electrons. The molecule has 0 aliphatic heterocycles. The molecule has 5 heteroatoms. The minimum atomic E-state index is -1.28. The van der Waals surface area contributed by atoms with Gasteiger partial charge in [-0.3, -0.25) is 4.79 Å². The summed E-state index contributed by atoms with van der Waals surface area (Å²) in [4.78, 5) is 10.2. The first-order valence-electron chi connectivity index (χ1n) is 2.92. The van der Waals surface area contributed by atoms with E-state index in [1.807, 2.05) is 0 Å². The highest BCUT2D eigenvalue weighted by Crippen LogP contribution is 2.30. The molecule has 0 rings (SSSR count). The van der Waals surface area contributed by atoms with Crippen LogP contribution >= 0.6 is 34.8 Å². The lowest BCUT2D eigenvalue weighted by Gasteiger charge is -2.04. The second kappa shape index (κ2) is 4.86. The lowest BCUT2D eigenvalue weighted by atomic mass is 10.3. The number of alkyl halides is 3. The van der Waals surface area contributed by atoms with Gasteiger partial charge in [-0.2, -0.15) is 0 Å². The molecule has 0 saturated heterocycles. The van der Waals surface area contributed by atoms with E-state index in [4.69, 9.17) is 40.5 Å². The Morgan fingerprint density at radius 1 is 1.36 bits per heavy atom. The number of hydrogen-bond donors (Lipinski definition) is 1.